The number of aliphatic hydroxyl groups is 1. The maximum absolute atomic E-state index is 11.6. The number of piperidine rings is 1. The minimum absolute atomic E-state index is 0.00259. The zero-order valence-corrected chi connectivity index (χ0v) is 8.78. The number of nitrogens with two attached hydrogens (primary N) is 1. The fraction of sp³-hybridized carbons (Fsp3) is 0.900. The molecule has 0 aromatic rings. The summed E-state index contributed by atoms with van der Waals surface area (Å²) < 4.78 is 0. The van der Waals surface area contributed by atoms with Crippen LogP contribution in [0.1, 0.15) is 32.6 Å². The van der Waals surface area contributed by atoms with E-state index in [2.05, 4.69) is 0 Å². The van der Waals surface area contributed by atoms with Gasteiger partial charge in [-0.15, -0.1) is 0 Å². The van der Waals surface area contributed by atoms with Crippen LogP contribution in [0, 0.1) is 0 Å². The molecule has 1 rings (SSSR count). The van der Waals surface area contributed by atoms with Gasteiger partial charge in [0.1, 0.15) is 0 Å². The number of carbonyl (C=O) groups excluding carboxylic acids is 1. The molecule has 0 bridgehead atoms. The van der Waals surface area contributed by atoms with Gasteiger partial charge in [-0.05, 0) is 26.2 Å². The van der Waals surface area contributed by atoms with Crippen molar-refractivity contribution in [1.29, 1.82) is 0 Å². The Morgan fingerprint density at radius 2 is 2.36 bits per heavy atom. The quantitative estimate of drug-likeness (QED) is 0.679. The van der Waals surface area contributed by atoms with Crippen LogP contribution in [0.5, 0.6) is 0 Å². The van der Waals surface area contributed by atoms with Crippen molar-refractivity contribution in [2.75, 3.05) is 13.1 Å². The molecule has 1 heterocycles. The van der Waals surface area contributed by atoms with Crippen LogP contribution in [-0.4, -0.2) is 41.1 Å². The average molecular weight is 200 g/mol. The van der Waals surface area contributed by atoms with E-state index < -0.39 is 6.10 Å². The third-order valence-corrected chi connectivity index (χ3v) is 2.78. The molecule has 3 N–H and O–H groups in total. The van der Waals surface area contributed by atoms with E-state index in [4.69, 9.17) is 5.73 Å². The van der Waals surface area contributed by atoms with Crippen LogP contribution in [-0.2, 0) is 4.79 Å². The van der Waals surface area contributed by atoms with Gasteiger partial charge in [0.2, 0.25) is 5.91 Å². The van der Waals surface area contributed by atoms with E-state index >= 15 is 0 Å². The van der Waals surface area contributed by atoms with Crippen LogP contribution < -0.4 is 5.73 Å². The molecule has 1 aliphatic heterocycles. The number of hydrogen-bond donors (Lipinski definition) is 2. The molecule has 0 spiro atoms. The zero-order chi connectivity index (χ0) is 10.6. The third-order valence-electron chi connectivity index (χ3n) is 2.78. The topological polar surface area (TPSA) is 66.6 Å². The van der Waals surface area contributed by atoms with E-state index in [0.29, 0.717) is 13.0 Å². The van der Waals surface area contributed by atoms with Crippen molar-refractivity contribution in [1.82, 2.24) is 4.90 Å². The average Bonchev–Trinajstić information content (AvgIpc) is 2.18. The van der Waals surface area contributed by atoms with Gasteiger partial charge in [-0.1, -0.05) is 0 Å². The molecule has 1 fully saturated rings. The highest BCUT2D eigenvalue weighted by Crippen LogP contribution is 2.20. The molecule has 1 amide bonds. The summed E-state index contributed by atoms with van der Waals surface area (Å²) in [4.78, 5) is 13.4. The summed E-state index contributed by atoms with van der Waals surface area (Å²) in [5, 5.41) is 9.54. The third kappa shape index (κ3) is 2.69. The molecule has 14 heavy (non-hydrogen) atoms. The van der Waals surface area contributed by atoms with E-state index in [9.17, 15) is 9.90 Å². The monoisotopic (exact) mass is 200 g/mol. The molecule has 4 nitrogen and oxygen atoms in total. The van der Waals surface area contributed by atoms with Crippen molar-refractivity contribution < 1.29 is 9.90 Å². The summed E-state index contributed by atoms with van der Waals surface area (Å²) >= 11 is 0. The maximum Gasteiger partial charge on any atom is 0.224 e. The van der Waals surface area contributed by atoms with Crippen molar-refractivity contribution in [2.24, 2.45) is 5.73 Å². The summed E-state index contributed by atoms with van der Waals surface area (Å²) in [6.45, 7) is 2.91. The van der Waals surface area contributed by atoms with Gasteiger partial charge in [-0.25, -0.2) is 0 Å². The number of nitrogens with zero attached hydrogens (tertiary/aromatic N) is 1. The van der Waals surface area contributed by atoms with Gasteiger partial charge in [0.25, 0.3) is 0 Å². The summed E-state index contributed by atoms with van der Waals surface area (Å²) in [6, 6.07) is 0.00259. The number of hydrogen-bond acceptors (Lipinski definition) is 3. The largest absolute Gasteiger partial charge is 0.391 e. The molecule has 0 unspecified atom stereocenters. The van der Waals surface area contributed by atoms with Crippen LogP contribution in [0.3, 0.4) is 0 Å². The summed E-state index contributed by atoms with van der Waals surface area (Å²) in [5.74, 6) is 0.0816. The van der Waals surface area contributed by atoms with Crippen molar-refractivity contribution in [3.05, 3.63) is 0 Å². The lowest BCUT2D eigenvalue weighted by atomic mass is 9.98. The Balaban J connectivity index is 2.57. The fourth-order valence-electron chi connectivity index (χ4n) is 2.04. The van der Waals surface area contributed by atoms with Gasteiger partial charge in [0.05, 0.1) is 12.1 Å². The van der Waals surface area contributed by atoms with E-state index in [1.54, 1.807) is 11.8 Å². The second-order valence-electron chi connectivity index (χ2n) is 3.93. The Labute approximate surface area is 85.1 Å². The van der Waals surface area contributed by atoms with Crippen molar-refractivity contribution in [2.45, 2.75) is 44.8 Å². The lowest BCUT2D eigenvalue weighted by Gasteiger charge is -2.37. The van der Waals surface area contributed by atoms with Crippen molar-refractivity contribution >= 4 is 5.91 Å². The molecular formula is C10H20N2O2. The molecule has 0 aliphatic carbocycles. The Kier molecular flexibility index (Phi) is 4.35. The first-order chi connectivity index (χ1) is 6.66. The standard InChI is InChI=1S/C10H20N2O2/c1-8(13)9-4-2-3-7-12(9)10(14)5-6-11/h8-9,13H,2-7,11H2,1H3/t8-,9+/m0/s1. The van der Waals surface area contributed by atoms with Gasteiger partial charge < -0.3 is 15.7 Å². The molecule has 4 heteroatoms. The summed E-state index contributed by atoms with van der Waals surface area (Å²) in [5.41, 5.74) is 5.35. The Morgan fingerprint density at radius 1 is 1.64 bits per heavy atom. The first kappa shape index (κ1) is 11.5. The number of rotatable bonds is 3. The van der Waals surface area contributed by atoms with E-state index in [1.807, 2.05) is 0 Å². The van der Waals surface area contributed by atoms with Gasteiger partial charge in [-0.3, -0.25) is 4.79 Å². The first-order valence-electron chi connectivity index (χ1n) is 5.34. The zero-order valence-electron chi connectivity index (χ0n) is 8.78. The predicted octanol–water partition coefficient (Wildman–Crippen LogP) is 0.0971. The molecule has 0 aromatic carbocycles. The second-order valence-corrected chi connectivity index (χ2v) is 3.93. The van der Waals surface area contributed by atoms with Crippen LogP contribution in [0.15, 0.2) is 0 Å². The van der Waals surface area contributed by atoms with Crippen LogP contribution in [0.25, 0.3) is 0 Å². The van der Waals surface area contributed by atoms with Gasteiger partial charge >= 0.3 is 0 Å². The van der Waals surface area contributed by atoms with Crippen molar-refractivity contribution in [3.8, 4) is 0 Å². The van der Waals surface area contributed by atoms with Crippen molar-refractivity contribution in [3.63, 3.8) is 0 Å². The lowest BCUT2D eigenvalue weighted by molar-refractivity contribution is -0.137. The lowest BCUT2D eigenvalue weighted by Crippen LogP contribution is -2.49. The highest BCUT2D eigenvalue weighted by atomic mass is 16.3. The van der Waals surface area contributed by atoms with Crippen LogP contribution >= 0.6 is 0 Å². The molecule has 1 saturated heterocycles. The van der Waals surface area contributed by atoms with Gasteiger partial charge in [-0.2, -0.15) is 0 Å². The molecule has 0 saturated carbocycles. The number of likely N-dealkylation sites (tertiary alicyclic amines) is 1. The smallest absolute Gasteiger partial charge is 0.224 e. The van der Waals surface area contributed by atoms with Crippen LogP contribution in [0.2, 0.25) is 0 Å². The highest BCUT2D eigenvalue weighted by Gasteiger charge is 2.28. The van der Waals surface area contributed by atoms with Crippen LogP contribution in [0.4, 0.5) is 0 Å². The van der Waals surface area contributed by atoms with Gasteiger partial charge in [0.15, 0.2) is 0 Å². The summed E-state index contributed by atoms with van der Waals surface area (Å²) in [7, 11) is 0. The molecule has 82 valence electrons. The second kappa shape index (κ2) is 5.32. The minimum atomic E-state index is -0.433. The number of carbonyl (C=O) groups is 1. The minimum Gasteiger partial charge on any atom is -0.391 e. The maximum atomic E-state index is 11.6. The Hall–Kier alpha value is -0.610. The van der Waals surface area contributed by atoms with E-state index in [-0.39, 0.29) is 11.9 Å². The van der Waals surface area contributed by atoms with Gasteiger partial charge in [0, 0.05) is 19.5 Å². The number of aliphatic hydroxyl groups excluding tert-OH is 1. The Bertz CT molecular complexity index is 195. The van der Waals surface area contributed by atoms with E-state index in [0.717, 1.165) is 25.8 Å². The first-order valence-corrected chi connectivity index (χ1v) is 5.34. The van der Waals surface area contributed by atoms with E-state index in [1.165, 1.54) is 0 Å². The fourth-order valence-corrected chi connectivity index (χ4v) is 2.04. The highest BCUT2D eigenvalue weighted by molar-refractivity contribution is 5.76. The summed E-state index contributed by atoms with van der Waals surface area (Å²) in [6.07, 6.45) is 3.01. The molecule has 1 aliphatic rings. The SMILES string of the molecule is C[C@H](O)[C@H]1CCCCN1C(=O)CCN. The molecule has 0 radical (unpaired) electrons. The molecule has 2 atom stereocenters. The predicted molar refractivity (Wildman–Crippen MR) is 54.7 cm³/mol. The molecule has 0 aromatic heterocycles. The normalized spacial score (nSPS) is 24.8. The molecular weight excluding hydrogens is 180 g/mol. The number of amides is 1. The Morgan fingerprint density at radius 3 is 2.93 bits per heavy atom.